The summed E-state index contributed by atoms with van der Waals surface area (Å²) in [5.41, 5.74) is 0. The predicted octanol–water partition coefficient (Wildman–Crippen LogP) is 18.3. The fourth-order valence-electron chi connectivity index (χ4n) is 8.90. The van der Waals surface area contributed by atoms with Crippen LogP contribution in [0, 0.1) is 0 Å². The van der Waals surface area contributed by atoms with Crippen LogP contribution in [0.15, 0.2) is 24.3 Å². The van der Waals surface area contributed by atoms with E-state index in [9.17, 15) is 15.0 Å². The summed E-state index contributed by atoms with van der Waals surface area (Å²) in [4.78, 5) is 12.4. The summed E-state index contributed by atoms with van der Waals surface area (Å²) in [5, 5.41) is 22.9. The van der Waals surface area contributed by atoms with Gasteiger partial charge in [0, 0.05) is 6.42 Å². The second-order valence-corrected chi connectivity index (χ2v) is 19.4. The van der Waals surface area contributed by atoms with Crippen LogP contribution in [-0.2, 0) is 4.79 Å². The molecule has 0 fully saturated rings. The minimum atomic E-state index is -0.856. The van der Waals surface area contributed by atoms with E-state index in [1.54, 1.807) is 6.08 Å². The second kappa shape index (κ2) is 53.2. The number of unbranched alkanes of at least 4 members (excludes halogenated alkanes) is 43. The van der Waals surface area contributed by atoms with Crippen LogP contribution in [0.1, 0.15) is 316 Å². The van der Waals surface area contributed by atoms with Crippen LogP contribution in [0.2, 0.25) is 0 Å². The van der Waals surface area contributed by atoms with Gasteiger partial charge in [0.2, 0.25) is 5.91 Å². The predicted molar refractivity (Wildman–Crippen MR) is 272 cm³/mol. The van der Waals surface area contributed by atoms with Crippen LogP contribution in [0.25, 0.3) is 0 Å². The lowest BCUT2D eigenvalue weighted by atomic mass is 10.0. The Hall–Kier alpha value is -1.13. The van der Waals surface area contributed by atoms with Crippen molar-refractivity contribution in [2.24, 2.45) is 0 Å². The molecule has 3 N–H and O–H groups in total. The molecule has 0 saturated carbocycles. The third kappa shape index (κ3) is 49.7. The van der Waals surface area contributed by atoms with E-state index < -0.39 is 12.1 Å². The Kier molecular flexibility index (Phi) is 52.2. The highest BCUT2D eigenvalue weighted by molar-refractivity contribution is 5.76. The Labute approximate surface area is 383 Å². The van der Waals surface area contributed by atoms with Crippen LogP contribution in [-0.4, -0.2) is 34.9 Å². The van der Waals surface area contributed by atoms with E-state index in [2.05, 4.69) is 31.3 Å². The highest BCUT2D eigenvalue weighted by Crippen LogP contribution is 2.18. The van der Waals surface area contributed by atoms with Crippen molar-refractivity contribution in [3.05, 3.63) is 24.3 Å². The van der Waals surface area contributed by atoms with Crippen LogP contribution < -0.4 is 5.32 Å². The number of nitrogens with one attached hydrogen (secondary N) is 1. The second-order valence-electron chi connectivity index (χ2n) is 19.4. The first-order valence-electron chi connectivity index (χ1n) is 28.1. The lowest BCUT2D eigenvalue weighted by molar-refractivity contribution is -0.123. The molecule has 0 aromatic rings. The number of carbonyl (C=O) groups excluding carboxylic acids is 1. The SMILES string of the molecule is CCCCC/C=C/CC/C=C/C(O)C(CO)NC(=O)CCCCCCCCCCCCCCCCCCCCCCCCCCCCCCCCCCCCCCCCCC. The lowest BCUT2D eigenvalue weighted by Crippen LogP contribution is -2.45. The molecule has 0 saturated heterocycles. The molecule has 0 bridgehead atoms. The molecule has 4 nitrogen and oxygen atoms in total. The summed E-state index contributed by atoms with van der Waals surface area (Å²) in [5.74, 6) is -0.0711. The first kappa shape index (κ1) is 59.9. The monoisotopic (exact) mass is 858 g/mol. The van der Waals surface area contributed by atoms with E-state index in [-0.39, 0.29) is 12.5 Å². The number of carbonyl (C=O) groups is 1. The van der Waals surface area contributed by atoms with Gasteiger partial charge in [0.05, 0.1) is 18.8 Å². The molecule has 4 heteroatoms. The van der Waals surface area contributed by atoms with E-state index in [1.807, 2.05) is 6.08 Å². The minimum Gasteiger partial charge on any atom is -0.394 e. The summed E-state index contributed by atoms with van der Waals surface area (Å²) in [6, 6.07) is -0.633. The summed E-state index contributed by atoms with van der Waals surface area (Å²) in [6.45, 7) is 4.27. The standard InChI is InChI=1S/C57H111NO3/c1-3-5-7-9-11-13-14-15-16-17-18-19-20-21-22-23-24-25-26-27-28-29-30-31-32-33-34-35-36-37-38-39-40-41-42-43-45-47-49-51-53-57(61)58-55(54-59)56(60)52-50-48-46-44-12-10-8-6-4-2/h12,44,50,52,55-56,59-60H,3-11,13-43,45-49,51,53-54H2,1-2H3,(H,58,61)/b44-12+,52-50+. The van der Waals surface area contributed by atoms with Gasteiger partial charge in [-0.15, -0.1) is 0 Å². The quantitative estimate of drug-likeness (QED) is 0.0422. The van der Waals surface area contributed by atoms with Gasteiger partial charge < -0.3 is 15.5 Å². The van der Waals surface area contributed by atoms with Gasteiger partial charge in [0.25, 0.3) is 0 Å². The van der Waals surface area contributed by atoms with Crippen molar-refractivity contribution in [2.75, 3.05) is 6.61 Å². The number of allylic oxidation sites excluding steroid dienone is 3. The fourth-order valence-corrected chi connectivity index (χ4v) is 8.90. The van der Waals surface area contributed by atoms with Crippen molar-refractivity contribution < 1.29 is 15.0 Å². The molecule has 362 valence electrons. The van der Waals surface area contributed by atoms with Gasteiger partial charge in [-0.3, -0.25) is 4.79 Å². The van der Waals surface area contributed by atoms with Gasteiger partial charge in [-0.05, 0) is 32.1 Å². The van der Waals surface area contributed by atoms with Crippen molar-refractivity contribution in [3.8, 4) is 0 Å². The number of amides is 1. The van der Waals surface area contributed by atoms with E-state index in [4.69, 9.17) is 0 Å². The fraction of sp³-hybridized carbons (Fsp3) is 0.912. The van der Waals surface area contributed by atoms with Crippen LogP contribution in [0.3, 0.4) is 0 Å². The average Bonchev–Trinajstić information content (AvgIpc) is 3.26. The third-order valence-corrected chi connectivity index (χ3v) is 13.2. The highest BCUT2D eigenvalue weighted by atomic mass is 16.3. The van der Waals surface area contributed by atoms with E-state index >= 15 is 0 Å². The average molecular weight is 859 g/mol. The number of aliphatic hydroxyl groups excluding tert-OH is 2. The van der Waals surface area contributed by atoms with Crippen molar-refractivity contribution >= 4 is 5.91 Å². The molecule has 1 amide bonds. The third-order valence-electron chi connectivity index (χ3n) is 13.2. The first-order chi connectivity index (χ1) is 30.2. The molecule has 61 heavy (non-hydrogen) atoms. The van der Waals surface area contributed by atoms with Gasteiger partial charge in [-0.1, -0.05) is 301 Å². The Morgan fingerprint density at radius 2 is 0.639 bits per heavy atom. The molecule has 2 atom stereocenters. The molecule has 0 heterocycles. The van der Waals surface area contributed by atoms with Crippen molar-refractivity contribution in [3.63, 3.8) is 0 Å². The Bertz CT molecular complexity index is 886. The zero-order chi connectivity index (χ0) is 44.2. The van der Waals surface area contributed by atoms with Crippen molar-refractivity contribution in [1.82, 2.24) is 5.32 Å². The molecule has 0 aliphatic carbocycles. The molecular formula is C57H111NO3. The molecule has 0 radical (unpaired) electrons. The lowest BCUT2D eigenvalue weighted by Gasteiger charge is -2.19. The molecule has 0 aromatic carbocycles. The number of hydrogen-bond donors (Lipinski definition) is 3. The van der Waals surface area contributed by atoms with E-state index in [0.29, 0.717) is 6.42 Å². The summed E-state index contributed by atoms with van der Waals surface area (Å²) < 4.78 is 0. The Morgan fingerprint density at radius 3 is 0.951 bits per heavy atom. The minimum absolute atomic E-state index is 0.0711. The molecular weight excluding hydrogens is 747 g/mol. The van der Waals surface area contributed by atoms with Crippen LogP contribution in [0.5, 0.6) is 0 Å². The summed E-state index contributed by atoms with van der Waals surface area (Å²) in [7, 11) is 0. The molecule has 0 aliphatic rings. The van der Waals surface area contributed by atoms with Gasteiger partial charge in [0.1, 0.15) is 0 Å². The number of aliphatic hydroxyl groups is 2. The Morgan fingerprint density at radius 1 is 0.377 bits per heavy atom. The van der Waals surface area contributed by atoms with E-state index in [0.717, 1.165) is 32.1 Å². The van der Waals surface area contributed by atoms with Crippen molar-refractivity contribution in [1.29, 1.82) is 0 Å². The van der Waals surface area contributed by atoms with Crippen LogP contribution in [0.4, 0.5) is 0 Å². The maximum Gasteiger partial charge on any atom is 0.220 e. The maximum atomic E-state index is 12.4. The zero-order valence-corrected chi connectivity index (χ0v) is 41.7. The highest BCUT2D eigenvalue weighted by Gasteiger charge is 2.18. The first-order valence-corrected chi connectivity index (χ1v) is 28.1. The van der Waals surface area contributed by atoms with Gasteiger partial charge in [-0.25, -0.2) is 0 Å². The normalized spacial score (nSPS) is 12.9. The Balaban J connectivity index is 3.30. The molecule has 2 unspecified atom stereocenters. The largest absolute Gasteiger partial charge is 0.394 e. The van der Waals surface area contributed by atoms with Crippen molar-refractivity contribution in [2.45, 2.75) is 328 Å². The molecule has 0 aromatic heterocycles. The zero-order valence-electron chi connectivity index (χ0n) is 41.7. The summed E-state index contributed by atoms with van der Waals surface area (Å²) >= 11 is 0. The molecule has 0 spiro atoms. The smallest absolute Gasteiger partial charge is 0.220 e. The van der Waals surface area contributed by atoms with Gasteiger partial charge in [-0.2, -0.15) is 0 Å². The number of hydrogen-bond acceptors (Lipinski definition) is 3. The topological polar surface area (TPSA) is 69.6 Å². The van der Waals surface area contributed by atoms with Gasteiger partial charge >= 0.3 is 0 Å². The van der Waals surface area contributed by atoms with Gasteiger partial charge in [0.15, 0.2) is 0 Å². The summed E-state index contributed by atoms with van der Waals surface area (Å²) in [6.07, 6.45) is 71.0. The molecule has 0 rings (SSSR count). The van der Waals surface area contributed by atoms with E-state index in [1.165, 1.54) is 263 Å². The maximum absolute atomic E-state index is 12.4. The molecule has 0 aliphatic heterocycles. The number of rotatable bonds is 52. The van der Waals surface area contributed by atoms with Crippen LogP contribution >= 0.6 is 0 Å².